The summed E-state index contributed by atoms with van der Waals surface area (Å²) in [5, 5.41) is 3.09. The summed E-state index contributed by atoms with van der Waals surface area (Å²) >= 11 is 7.59. The summed E-state index contributed by atoms with van der Waals surface area (Å²) in [6.07, 6.45) is 0. The Bertz CT molecular complexity index is 724. The molecule has 0 radical (unpaired) electrons. The minimum Gasteiger partial charge on any atom is -0.497 e. The summed E-state index contributed by atoms with van der Waals surface area (Å²) < 4.78 is 15.9. The van der Waals surface area contributed by atoms with Crippen molar-refractivity contribution in [3.05, 3.63) is 47.5 Å². The number of nitrogens with one attached hydrogen (secondary N) is 1. The van der Waals surface area contributed by atoms with Crippen molar-refractivity contribution in [3.63, 3.8) is 0 Å². The van der Waals surface area contributed by atoms with E-state index in [9.17, 15) is 4.79 Å². The molecule has 1 N–H and O–H groups in total. The number of hydrogen-bond donors (Lipinski definition) is 1. The maximum Gasteiger partial charge on any atom is 0.237 e. The molecule has 26 heavy (non-hydrogen) atoms. The zero-order chi connectivity index (χ0) is 18.9. The number of ether oxygens (including phenoxy) is 3. The number of amides is 1. The lowest BCUT2D eigenvalue weighted by atomic mass is 10.3. The van der Waals surface area contributed by atoms with E-state index < -0.39 is 0 Å². The van der Waals surface area contributed by atoms with Gasteiger partial charge < -0.3 is 19.5 Å². The Morgan fingerprint density at radius 3 is 2.42 bits per heavy atom. The number of benzene rings is 2. The predicted octanol–water partition coefficient (Wildman–Crippen LogP) is 4.50. The molecule has 0 fully saturated rings. The highest BCUT2D eigenvalue weighted by Gasteiger charge is 2.14. The zero-order valence-corrected chi connectivity index (χ0v) is 16.5. The third-order valence-electron chi connectivity index (χ3n) is 3.57. The fourth-order valence-corrected chi connectivity index (χ4v) is 3.12. The molecule has 0 aromatic heterocycles. The Morgan fingerprint density at radius 2 is 1.81 bits per heavy atom. The summed E-state index contributed by atoms with van der Waals surface area (Å²) in [5.41, 5.74) is 0.641. The van der Waals surface area contributed by atoms with Crippen LogP contribution in [0.1, 0.15) is 6.92 Å². The Hall–Kier alpha value is -2.05. The Balaban J connectivity index is 1.73. The molecule has 1 amide bonds. The highest BCUT2D eigenvalue weighted by atomic mass is 35.5. The first-order chi connectivity index (χ1) is 12.5. The van der Waals surface area contributed by atoms with Gasteiger partial charge in [-0.15, -0.1) is 11.8 Å². The first-order valence-electron chi connectivity index (χ1n) is 8.06. The van der Waals surface area contributed by atoms with E-state index in [0.29, 0.717) is 28.8 Å². The SMILES string of the molecule is COc1ccc(OCCSC(C)C(=O)Nc2ccc(OC)c(Cl)c2)cc1. The fraction of sp³-hybridized carbons (Fsp3) is 0.316. The summed E-state index contributed by atoms with van der Waals surface area (Å²) in [4.78, 5) is 12.3. The summed E-state index contributed by atoms with van der Waals surface area (Å²) in [7, 11) is 3.17. The molecule has 2 aromatic carbocycles. The van der Waals surface area contributed by atoms with E-state index >= 15 is 0 Å². The number of halogens is 1. The number of hydrogen-bond acceptors (Lipinski definition) is 5. The normalized spacial score (nSPS) is 11.5. The van der Waals surface area contributed by atoms with E-state index in [1.165, 1.54) is 11.8 Å². The van der Waals surface area contributed by atoms with Crippen molar-refractivity contribution in [2.75, 3.05) is 31.9 Å². The van der Waals surface area contributed by atoms with E-state index in [1.54, 1.807) is 32.4 Å². The lowest BCUT2D eigenvalue weighted by Gasteiger charge is -2.13. The van der Waals surface area contributed by atoms with Gasteiger partial charge in [0, 0.05) is 11.4 Å². The second kappa shape index (κ2) is 10.2. The van der Waals surface area contributed by atoms with Gasteiger partial charge in [-0.25, -0.2) is 0 Å². The van der Waals surface area contributed by atoms with Crippen molar-refractivity contribution in [1.82, 2.24) is 0 Å². The van der Waals surface area contributed by atoms with Crippen molar-refractivity contribution in [2.45, 2.75) is 12.2 Å². The van der Waals surface area contributed by atoms with Crippen molar-refractivity contribution in [1.29, 1.82) is 0 Å². The second-order valence-electron chi connectivity index (χ2n) is 5.38. The molecular weight excluding hydrogens is 374 g/mol. The first-order valence-corrected chi connectivity index (χ1v) is 9.49. The van der Waals surface area contributed by atoms with Crippen LogP contribution in [0.3, 0.4) is 0 Å². The topological polar surface area (TPSA) is 56.8 Å². The van der Waals surface area contributed by atoms with E-state index in [-0.39, 0.29) is 11.2 Å². The molecule has 0 spiro atoms. The molecule has 140 valence electrons. The van der Waals surface area contributed by atoms with Gasteiger partial charge in [0.25, 0.3) is 0 Å². The number of rotatable bonds is 9. The molecule has 0 saturated heterocycles. The molecule has 2 aromatic rings. The maximum absolute atomic E-state index is 12.3. The Morgan fingerprint density at radius 1 is 1.12 bits per heavy atom. The molecule has 0 aliphatic carbocycles. The van der Waals surface area contributed by atoms with Crippen LogP contribution < -0.4 is 19.5 Å². The van der Waals surface area contributed by atoms with Crippen molar-refractivity contribution < 1.29 is 19.0 Å². The third-order valence-corrected chi connectivity index (χ3v) is 4.98. The average Bonchev–Trinajstić information content (AvgIpc) is 2.65. The maximum atomic E-state index is 12.3. The van der Waals surface area contributed by atoms with Crippen molar-refractivity contribution in [3.8, 4) is 17.2 Å². The van der Waals surface area contributed by atoms with Crippen LogP contribution in [0.4, 0.5) is 5.69 Å². The van der Waals surface area contributed by atoms with E-state index in [2.05, 4.69) is 5.32 Å². The number of carbonyl (C=O) groups is 1. The number of anilines is 1. The number of carbonyl (C=O) groups excluding carboxylic acids is 1. The predicted molar refractivity (Wildman–Crippen MR) is 107 cm³/mol. The largest absolute Gasteiger partial charge is 0.497 e. The first kappa shape index (κ1) is 20.3. The van der Waals surface area contributed by atoms with Crippen LogP contribution in [-0.2, 0) is 4.79 Å². The lowest BCUT2D eigenvalue weighted by molar-refractivity contribution is -0.115. The van der Waals surface area contributed by atoms with Gasteiger partial charge in [0.2, 0.25) is 5.91 Å². The summed E-state index contributed by atoms with van der Waals surface area (Å²) in [5.74, 6) is 2.75. The smallest absolute Gasteiger partial charge is 0.237 e. The molecule has 0 heterocycles. The lowest BCUT2D eigenvalue weighted by Crippen LogP contribution is -2.23. The molecule has 7 heteroatoms. The van der Waals surface area contributed by atoms with Gasteiger partial charge in [0.15, 0.2) is 0 Å². The standard InChI is InChI=1S/C19H22ClNO4S/c1-13(19(22)21-14-4-9-18(24-3)17(20)12-14)26-11-10-25-16-7-5-15(23-2)6-8-16/h4-9,12-13H,10-11H2,1-3H3,(H,21,22). The van der Waals surface area contributed by atoms with Gasteiger partial charge in [-0.05, 0) is 49.4 Å². The molecular formula is C19H22ClNO4S. The highest BCUT2D eigenvalue weighted by molar-refractivity contribution is 8.00. The Kier molecular flexibility index (Phi) is 7.94. The molecule has 1 atom stereocenters. The number of thioether (sulfide) groups is 1. The monoisotopic (exact) mass is 395 g/mol. The van der Waals surface area contributed by atoms with Gasteiger partial charge in [-0.1, -0.05) is 11.6 Å². The number of methoxy groups -OCH3 is 2. The summed E-state index contributed by atoms with van der Waals surface area (Å²) in [6.45, 7) is 2.38. The van der Waals surface area contributed by atoms with Crippen LogP contribution in [0.15, 0.2) is 42.5 Å². The van der Waals surface area contributed by atoms with Crippen LogP contribution in [-0.4, -0.2) is 37.7 Å². The van der Waals surface area contributed by atoms with Gasteiger partial charge >= 0.3 is 0 Å². The van der Waals surface area contributed by atoms with Gasteiger partial charge in [-0.3, -0.25) is 4.79 Å². The van der Waals surface area contributed by atoms with Crippen LogP contribution in [0.5, 0.6) is 17.2 Å². The van der Waals surface area contributed by atoms with Crippen LogP contribution in [0.25, 0.3) is 0 Å². The van der Waals surface area contributed by atoms with Crippen molar-refractivity contribution >= 4 is 35.0 Å². The van der Waals surface area contributed by atoms with Crippen LogP contribution in [0.2, 0.25) is 5.02 Å². The average molecular weight is 396 g/mol. The third kappa shape index (κ3) is 6.04. The Labute approximate surface area is 163 Å². The molecule has 1 unspecified atom stereocenters. The molecule has 0 bridgehead atoms. The minimum atomic E-state index is -0.213. The highest BCUT2D eigenvalue weighted by Crippen LogP contribution is 2.27. The molecule has 0 aliphatic heterocycles. The molecule has 0 saturated carbocycles. The van der Waals surface area contributed by atoms with Crippen LogP contribution in [0, 0.1) is 0 Å². The summed E-state index contributed by atoms with van der Waals surface area (Å²) in [6, 6.07) is 12.5. The fourth-order valence-electron chi connectivity index (χ4n) is 2.12. The molecule has 2 rings (SSSR count). The van der Waals surface area contributed by atoms with Gasteiger partial charge in [-0.2, -0.15) is 0 Å². The van der Waals surface area contributed by atoms with Crippen molar-refractivity contribution in [2.24, 2.45) is 0 Å². The molecule has 5 nitrogen and oxygen atoms in total. The van der Waals surface area contributed by atoms with Crippen LogP contribution >= 0.6 is 23.4 Å². The van der Waals surface area contributed by atoms with E-state index in [4.69, 9.17) is 25.8 Å². The minimum absolute atomic E-state index is 0.0827. The van der Waals surface area contributed by atoms with Gasteiger partial charge in [0.05, 0.1) is 31.1 Å². The second-order valence-corrected chi connectivity index (χ2v) is 7.23. The van der Waals surface area contributed by atoms with E-state index in [0.717, 1.165) is 11.5 Å². The molecule has 0 aliphatic rings. The quantitative estimate of drug-likeness (QED) is 0.633. The van der Waals surface area contributed by atoms with Gasteiger partial charge in [0.1, 0.15) is 17.2 Å². The van der Waals surface area contributed by atoms with E-state index in [1.807, 2.05) is 31.2 Å². The zero-order valence-electron chi connectivity index (χ0n) is 15.0.